The lowest BCUT2D eigenvalue weighted by Gasteiger charge is -2.26. The van der Waals surface area contributed by atoms with E-state index in [4.69, 9.17) is 4.74 Å². The van der Waals surface area contributed by atoms with Gasteiger partial charge in [0.15, 0.2) is 0 Å². The molecule has 9 nitrogen and oxygen atoms in total. The number of urea groups is 1. The zero-order valence-corrected chi connectivity index (χ0v) is 18.1. The van der Waals surface area contributed by atoms with Crippen LogP contribution in [-0.4, -0.2) is 22.8 Å². The Balaban J connectivity index is 1.49. The average Bonchev–Trinajstić information content (AvgIpc) is 2.82. The van der Waals surface area contributed by atoms with Crippen molar-refractivity contribution in [3.05, 3.63) is 105 Å². The van der Waals surface area contributed by atoms with Crippen molar-refractivity contribution in [3.63, 3.8) is 0 Å². The lowest BCUT2D eigenvalue weighted by molar-refractivity contribution is -0.384. The second-order valence-corrected chi connectivity index (χ2v) is 7.58. The number of aryl methyl sites for hydroxylation is 1. The van der Waals surface area contributed by atoms with Crippen molar-refractivity contribution >= 4 is 35.3 Å². The molecule has 0 atom stereocenters. The Morgan fingerprint density at radius 3 is 2.38 bits per heavy atom. The molecule has 3 aromatic rings. The molecule has 0 saturated carbocycles. The number of anilines is 1. The van der Waals surface area contributed by atoms with Crippen molar-refractivity contribution in [1.82, 2.24) is 5.32 Å². The predicted octanol–water partition coefficient (Wildman–Crippen LogP) is 4.15. The number of imide groups is 2. The van der Waals surface area contributed by atoms with Gasteiger partial charge in [-0.15, -0.1) is 0 Å². The minimum absolute atomic E-state index is 0.0170. The lowest BCUT2D eigenvalue weighted by Crippen LogP contribution is -2.54. The van der Waals surface area contributed by atoms with Crippen LogP contribution >= 0.6 is 0 Å². The molecule has 4 rings (SSSR count). The van der Waals surface area contributed by atoms with E-state index in [-0.39, 0.29) is 17.9 Å². The average molecular weight is 457 g/mol. The van der Waals surface area contributed by atoms with Crippen LogP contribution in [-0.2, 0) is 16.2 Å². The van der Waals surface area contributed by atoms with E-state index in [1.165, 1.54) is 18.2 Å². The number of ether oxygens (including phenoxy) is 1. The van der Waals surface area contributed by atoms with Crippen LogP contribution in [0.15, 0.2) is 78.4 Å². The Labute approximate surface area is 194 Å². The number of carbonyl (C=O) groups is 3. The van der Waals surface area contributed by atoms with Crippen molar-refractivity contribution < 1.29 is 24.0 Å². The SMILES string of the molecule is Cc1ccc(N2C(=O)NC(=O)C(=Cc3ccc(OCc4cccc([N+](=O)[O-])c4)cc3)C2=O)cc1. The monoisotopic (exact) mass is 457 g/mol. The van der Waals surface area contributed by atoms with E-state index in [1.807, 2.05) is 6.92 Å². The molecule has 1 aliphatic heterocycles. The molecule has 0 aliphatic carbocycles. The predicted molar refractivity (Wildman–Crippen MR) is 124 cm³/mol. The number of nitrogens with zero attached hydrogens (tertiary/aromatic N) is 2. The maximum atomic E-state index is 12.9. The Morgan fingerprint density at radius 1 is 1.00 bits per heavy atom. The highest BCUT2D eigenvalue weighted by Gasteiger charge is 2.36. The molecule has 0 aromatic heterocycles. The summed E-state index contributed by atoms with van der Waals surface area (Å²) in [6, 6.07) is 18.8. The van der Waals surface area contributed by atoms with Gasteiger partial charge in [-0.1, -0.05) is 42.0 Å². The number of benzene rings is 3. The molecule has 0 unspecified atom stereocenters. The Kier molecular flexibility index (Phi) is 6.18. The topological polar surface area (TPSA) is 119 Å². The van der Waals surface area contributed by atoms with Gasteiger partial charge in [-0.25, -0.2) is 9.69 Å². The highest BCUT2D eigenvalue weighted by Crippen LogP contribution is 2.23. The van der Waals surface area contributed by atoms with Gasteiger partial charge in [0.05, 0.1) is 10.6 Å². The highest BCUT2D eigenvalue weighted by molar-refractivity contribution is 6.39. The molecule has 0 radical (unpaired) electrons. The Morgan fingerprint density at radius 2 is 1.71 bits per heavy atom. The molecule has 1 N–H and O–H groups in total. The summed E-state index contributed by atoms with van der Waals surface area (Å²) in [6.45, 7) is 2.02. The first-order chi connectivity index (χ1) is 16.3. The van der Waals surface area contributed by atoms with Gasteiger partial charge in [-0.2, -0.15) is 0 Å². The summed E-state index contributed by atoms with van der Waals surface area (Å²) in [5.74, 6) is -0.988. The van der Waals surface area contributed by atoms with Gasteiger partial charge in [0.1, 0.15) is 17.9 Å². The van der Waals surface area contributed by atoms with E-state index in [0.717, 1.165) is 10.5 Å². The van der Waals surface area contributed by atoms with Crippen LogP contribution in [0.25, 0.3) is 6.08 Å². The number of carbonyl (C=O) groups excluding carboxylic acids is 3. The van der Waals surface area contributed by atoms with Gasteiger partial charge in [-0.05, 0) is 48.4 Å². The van der Waals surface area contributed by atoms with Gasteiger partial charge in [-0.3, -0.25) is 25.0 Å². The Bertz CT molecular complexity index is 1310. The number of rotatable bonds is 6. The minimum Gasteiger partial charge on any atom is -0.489 e. The maximum Gasteiger partial charge on any atom is 0.335 e. The van der Waals surface area contributed by atoms with Crippen molar-refractivity contribution in [2.75, 3.05) is 4.90 Å². The van der Waals surface area contributed by atoms with Gasteiger partial charge in [0, 0.05) is 12.1 Å². The smallest absolute Gasteiger partial charge is 0.335 e. The van der Waals surface area contributed by atoms with Crippen LogP contribution in [0, 0.1) is 17.0 Å². The van der Waals surface area contributed by atoms with E-state index >= 15 is 0 Å². The normalized spacial score (nSPS) is 14.8. The molecule has 3 aromatic carbocycles. The van der Waals surface area contributed by atoms with Gasteiger partial charge >= 0.3 is 6.03 Å². The molecule has 34 heavy (non-hydrogen) atoms. The third-order valence-electron chi connectivity index (χ3n) is 5.11. The number of amides is 4. The van der Waals surface area contributed by atoms with Crippen LogP contribution < -0.4 is 15.0 Å². The van der Waals surface area contributed by atoms with E-state index in [2.05, 4.69) is 5.32 Å². The highest BCUT2D eigenvalue weighted by atomic mass is 16.6. The van der Waals surface area contributed by atoms with Gasteiger partial charge in [0.25, 0.3) is 17.5 Å². The molecule has 1 heterocycles. The fraction of sp³-hybridized carbons (Fsp3) is 0.0800. The largest absolute Gasteiger partial charge is 0.489 e. The number of barbiturate groups is 1. The summed E-state index contributed by atoms with van der Waals surface area (Å²) in [5, 5.41) is 13.1. The molecular weight excluding hydrogens is 438 g/mol. The number of non-ortho nitro benzene ring substituents is 1. The van der Waals surface area contributed by atoms with Crippen LogP contribution in [0.1, 0.15) is 16.7 Å². The minimum atomic E-state index is -0.805. The molecule has 170 valence electrons. The first-order valence-corrected chi connectivity index (χ1v) is 10.3. The fourth-order valence-electron chi connectivity index (χ4n) is 3.34. The number of hydrogen-bond acceptors (Lipinski definition) is 6. The maximum absolute atomic E-state index is 12.9. The zero-order valence-electron chi connectivity index (χ0n) is 18.1. The Hall–Kier alpha value is -4.79. The third-order valence-corrected chi connectivity index (χ3v) is 5.11. The molecule has 0 spiro atoms. The summed E-state index contributed by atoms with van der Waals surface area (Å²) in [7, 11) is 0. The summed E-state index contributed by atoms with van der Waals surface area (Å²) < 4.78 is 5.67. The second kappa shape index (κ2) is 9.37. The van der Waals surface area contributed by atoms with E-state index in [9.17, 15) is 24.5 Å². The van der Waals surface area contributed by atoms with Gasteiger partial charge in [0.2, 0.25) is 0 Å². The van der Waals surface area contributed by atoms with E-state index in [1.54, 1.807) is 60.7 Å². The van der Waals surface area contributed by atoms with Crippen molar-refractivity contribution in [3.8, 4) is 5.75 Å². The zero-order chi connectivity index (χ0) is 24.2. The summed E-state index contributed by atoms with van der Waals surface area (Å²) in [4.78, 5) is 48.9. The molecule has 9 heteroatoms. The third kappa shape index (κ3) is 4.83. The van der Waals surface area contributed by atoms with E-state index in [0.29, 0.717) is 22.6 Å². The number of hydrogen-bond donors (Lipinski definition) is 1. The molecular formula is C25H19N3O6. The van der Waals surface area contributed by atoms with Crippen LogP contribution in [0.4, 0.5) is 16.2 Å². The number of nitro benzene ring substituents is 1. The van der Waals surface area contributed by atoms with Crippen molar-refractivity contribution in [2.24, 2.45) is 0 Å². The molecule has 1 aliphatic rings. The number of nitro groups is 1. The molecule has 0 bridgehead atoms. The molecule has 1 fully saturated rings. The van der Waals surface area contributed by atoms with Crippen molar-refractivity contribution in [1.29, 1.82) is 0 Å². The van der Waals surface area contributed by atoms with Crippen LogP contribution in [0.5, 0.6) is 5.75 Å². The first kappa shape index (κ1) is 22.4. The van der Waals surface area contributed by atoms with Gasteiger partial charge < -0.3 is 4.74 Å². The first-order valence-electron chi connectivity index (χ1n) is 10.3. The van der Waals surface area contributed by atoms with Crippen LogP contribution in [0.3, 0.4) is 0 Å². The standard InChI is InChI=1S/C25H19N3O6/c1-16-5-9-19(10-6-16)27-24(30)22(23(29)26-25(27)31)14-17-7-11-21(12-8-17)34-15-18-3-2-4-20(13-18)28(32)33/h2-14H,15H2,1H3,(H,26,29,31). The number of nitrogens with one attached hydrogen (secondary N) is 1. The molecule has 1 saturated heterocycles. The fourth-order valence-corrected chi connectivity index (χ4v) is 3.34. The second-order valence-electron chi connectivity index (χ2n) is 7.58. The van der Waals surface area contributed by atoms with E-state index < -0.39 is 22.8 Å². The summed E-state index contributed by atoms with van der Waals surface area (Å²) >= 11 is 0. The molecule has 4 amide bonds. The summed E-state index contributed by atoms with van der Waals surface area (Å²) in [6.07, 6.45) is 1.40. The lowest BCUT2D eigenvalue weighted by atomic mass is 10.1. The quantitative estimate of drug-likeness (QED) is 0.257. The van der Waals surface area contributed by atoms with Crippen molar-refractivity contribution in [2.45, 2.75) is 13.5 Å². The van der Waals surface area contributed by atoms with Crippen LogP contribution in [0.2, 0.25) is 0 Å². The summed E-state index contributed by atoms with van der Waals surface area (Å²) in [5.41, 5.74) is 2.33.